The lowest BCUT2D eigenvalue weighted by atomic mass is 10.0. The summed E-state index contributed by atoms with van der Waals surface area (Å²) >= 11 is 1.41. The number of amides is 1. The summed E-state index contributed by atoms with van der Waals surface area (Å²) in [5, 5.41) is 5.32. The zero-order chi connectivity index (χ0) is 17.6. The highest BCUT2D eigenvalue weighted by Gasteiger charge is 2.27. The highest BCUT2D eigenvalue weighted by atomic mass is 32.1. The molecule has 1 aliphatic heterocycles. The lowest BCUT2D eigenvalue weighted by Crippen LogP contribution is -2.49. The summed E-state index contributed by atoms with van der Waals surface area (Å²) in [6, 6.07) is 9.13. The molecule has 1 amide bonds. The SMILES string of the molecule is Cc1csc(NC(=O)CN2CCOCC2CC(=O)c2ccccc2)n1. The predicted molar refractivity (Wildman–Crippen MR) is 97.1 cm³/mol. The number of hydrogen-bond acceptors (Lipinski definition) is 6. The molecule has 0 bridgehead atoms. The first-order valence-electron chi connectivity index (χ1n) is 8.24. The Balaban J connectivity index is 1.58. The van der Waals surface area contributed by atoms with Gasteiger partial charge in [-0.05, 0) is 6.92 Å². The van der Waals surface area contributed by atoms with E-state index in [9.17, 15) is 9.59 Å². The molecule has 6 nitrogen and oxygen atoms in total. The number of nitrogens with zero attached hydrogens (tertiary/aromatic N) is 2. The Morgan fingerprint density at radius 1 is 1.36 bits per heavy atom. The molecule has 1 aliphatic rings. The number of nitrogens with one attached hydrogen (secondary N) is 1. The van der Waals surface area contributed by atoms with Gasteiger partial charge in [0.15, 0.2) is 10.9 Å². The lowest BCUT2D eigenvalue weighted by Gasteiger charge is -2.34. The molecule has 2 heterocycles. The molecule has 1 aromatic carbocycles. The van der Waals surface area contributed by atoms with Crippen molar-refractivity contribution in [3.8, 4) is 0 Å². The van der Waals surface area contributed by atoms with Crippen LogP contribution < -0.4 is 5.32 Å². The average molecular weight is 359 g/mol. The van der Waals surface area contributed by atoms with Crippen LogP contribution in [0, 0.1) is 6.92 Å². The van der Waals surface area contributed by atoms with Crippen LogP contribution in [0.2, 0.25) is 0 Å². The van der Waals surface area contributed by atoms with Crippen LogP contribution in [-0.4, -0.2) is 53.9 Å². The van der Waals surface area contributed by atoms with Crippen LogP contribution in [0.5, 0.6) is 0 Å². The standard InChI is InChI=1S/C18H21N3O3S/c1-13-12-25-18(19-13)20-17(23)10-21-7-8-24-11-15(21)9-16(22)14-5-3-2-4-6-14/h2-6,12,15H,7-11H2,1H3,(H,19,20,23). The topological polar surface area (TPSA) is 71.5 Å². The van der Waals surface area contributed by atoms with Crippen molar-refractivity contribution < 1.29 is 14.3 Å². The lowest BCUT2D eigenvalue weighted by molar-refractivity contribution is -0.119. The fraction of sp³-hybridized carbons (Fsp3) is 0.389. The second-order valence-electron chi connectivity index (χ2n) is 6.03. The number of carbonyl (C=O) groups excluding carboxylic acids is 2. The maximum Gasteiger partial charge on any atom is 0.240 e. The molecule has 7 heteroatoms. The maximum absolute atomic E-state index is 12.4. The molecule has 0 radical (unpaired) electrons. The number of carbonyl (C=O) groups is 2. The minimum Gasteiger partial charge on any atom is -0.378 e. The summed E-state index contributed by atoms with van der Waals surface area (Å²) in [5.41, 5.74) is 1.58. The molecule has 1 aromatic heterocycles. The van der Waals surface area contributed by atoms with Gasteiger partial charge in [-0.15, -0.1) is 11.3 Å². The first-order valence-corrected chi connectivity index (χ1v) is 9.12. The van der Waals surface area contributed by atoms with Gasteiger partial charge in [-0.2, -0.15) is 0 Å². The fourth-order valence-electron chi connectivity index (χ4n) is 2.80. The second kappa shape index (κ2) is 8.33. The van der Waals surface area contributed by atoms with Gasteiger partial charge in [0.2, 0.25) is 5.91 Å². The molecule has 132 valence electrons. The van der Waals surface area contributed by atoms with Crippen molar-refractivity contribution in [2.75, 3.05) is 31.6 Å². The first-order chi connectivity index (χ1) is 12.1. The van der Waals surface area contributed by atoms with Gasteiger partial charge in [0.05, 0.1) is 25.5 Å². The van der Waals surface area contributed by atoms with Gasteiger partial charge in [0.25, 0.3) is 0 Å². The molecule has 25 heavy (non-hydrogen) atoms. The van der Waals surface area contributed by atoms with Gasteiger partial charge in [-0.1, -0.05) is 30.3 Å². The molecule has 1 fully saturated rings. The Bertz CT molecular complexity index is 732. The number of ether oxygens (including phenoxy) is 1. The molecular weight excluding hydrogens is 338 g/mol. The molecule has 2 aromatic rings. The van der Waals surface area contributed by atoms with E-state index in [4.69, 9.17) is 4.74 Å². The van der Waals surface area contributed by atoms with Crippen molar-refractivity contribution >= 4 is 28.2 Å². The Kier molecular flexibility index (Phi) is 5.91. The van der Waals surface area contributed by atoms with Crippen LogP contribution in [0.15, 0.2) is 35.7 Å². The monoisotopic (exact) mass is 359 g/mol. The van der Waals surface area contributed by atoms with Crippen molar-refractivity contribution in [2.45, 2.75) is 19.4 Å². The summed E-state index contributed by atoms with van der Waals surface area (Å²) in [7, 11) is 0. The molecule has 1 N–H and O–H groups in total. The van der Waals surface area contributed by atoms with Crippen molar-refractivity contribution in [3.05, 3.63) is 47.0 Å². The van der Waals surface area contributed by atoms with E-state index in [-0.39, 0.29) is 24.3 Å². The number of rotatable bonds is 6. The number of aryl methyl sites for hydroxylation is 1. The summed E-state index contributed by atoms with van der Waals surface area (Å²) in [5.74, 6) is -0.0505. The Morgan fingerprint density at radius 2 is 2.16 bits per heavy atom. The van der Waals surface area contributed by atoms with Crippen molar-refractivity contribution in [1.82, 2.24) is 9.88 Å². The van der Waals surface area contributed by atoms with Crippen molar-refractivity contribution in [2.24, 2.45) is 0 Å². The van der Waals surface area contributed by atoms with Gasteiger partial charge in [0.1, 0.15) is 0 Å². The highest BCUT2D eigenvalue weighted by Crippen LogP contribution is 2.16. The van der Waals surface area contributed by atoms with Gasteiger partial charge >= 0.3 is 0 Å². The van der Waals surface area contributed by atoms with Crippen LogP contribution >= 0.6 is 11.3 Å². The molecule has 0 spiro atoms. The van der Waals surface area contributed by atoms with E-state index >= 15 is 0 Å². The molecule has 1 unspecified atom stereocenters. The normalized spacial score (nSPS) is 18.0. The fourth-order valence-corrected chi connectivity index (χ4v) is 3.50. The predicted octanol–water partition coefficient (Wildman–Crippen LogP) is 2.36. The van der Waals surface area contributed by atoms with Crippen LogP contribution in [0.25, 0.3) is 0 Å². The minimum absolute atomic E-state index is 0.0667. The summed E-state index contributed by atoms with van der Waals surface area (Å²) in [6.45, 7) is 3.78. The molecule has 1 atom stereocenters. The summed E-state index contributed by atoms with van der Waals surface area (Å²) in [6.07, 6.45) is 0.341. The van der Waals surface area contributed by atoms with Gasteiger partial charge in [-0.3, -0.25) is 14.5 Å². The van der Waals surface area contributed by atoms with E-state index in [0.29, 0.717) is 36.9 Å². The molecule has 0 aliphatic carbocycles. The average Bonchev–Trinajstić information content (AvgIpc) is 3.02. The Morgan fingerprint density at radius 3 is 2.88 bits per heavy atom. The molecular formula is C18H21N3O3S. The van der Waals surface area contributed by atoms with Gasteiger partial charge < -0.3 is 10.1 Å². The number of Topliss-reactive ketones (excluding diaryl/α,β-unsaturated/α-hetero) is 1. The second-order valence-corrected chi connectivity index (χ2v) is 6.89. The third kappa shape index (κ3) is 4.94. The highest BCUT2D eigenvalue weighted by molar-refractivity contribution is 7.13. The van der Waals surface area contributed by atoms with Crippen LogP contribution in [-0.2, 0) is 9.53 Å². The Labute approximate surface area is 150 Å². The van der Waals surface area contributed by atoms with Crippen LogP contribution in [0.1, 0.15) is 22.5 Å². The maximum atomic E-state index is 12.4. The number of morpholine rings is 1. The number of aromatic nitrogens is 1. The number of hydrogen-bond donors (Lipinski definition) is 1. The number of benzene rings is 1. The van der Waals surface area contributed by atoms with E-state index < -0.39 is 0 Å². The number of anilines is 1. The third-order valence-electron chi connectivity index (χ3n) is 4.08. The molecule has 0 saturated carbocycles. The van der Waals surface area contributed by atoms with E-state index in [1.54, 1.807) is 0 Å². The number of ketones is 1. The van der Waals surface area contributed by atoms with Crippen LogP contribution in [0.4, 0.5) is 5.13 Å². The summed E-state index contributed by atoms with van der Waals surface area (Å²) in [4.78, 5) is 31.0. The molecule has 3 rings (SSSR count). The van der Waals surface area contributed by atoms with Crippen molar-refractivity contribution in [3.63, 3.8) is 0 Å². The van der Waals surface area contributed by atoms with E-state index in [1.165, 1.54) is 11.3 Å². The quantitative estimate of drug-likeness (QED) is 0.802. The van der Waals surface area contributed by atoms with Crippen LogP contribution in [0.3, 0.4) is 0 Å². The largest absolute Gasteiger partial charge is 0.378 e. The first kappa shape index (κ1) is 17.7. The van der Waals surface area contributed by atoms with Gasteiger partial charge in [0, 0.05) is 30.0 Å². The zero-order valence-corrected chi connectivity index (χ0v) is 14.9. The zero-order valence-electron chi connectivity index (χ0n) is 14.1. The minimum atomic E-state index is -0.117. The van der Waals surface area contributed by atoms with E-state index in [0.717, 1.165) is 5.69 Å². The summed E-state index contributed by atoms with van der Waals surface area (Å²) < 4.78 is 5.52. The van der Waals surface area contributed by atoms with E-state index in [1.807, 2.05) is 47.5 Å². The van der Waals surface area contributed by atoms with Gasteiger partial charge in [-0.25, -0.2) is 4.98 Å². The Hall–Kier alpha value is -2.09. The third-order valence-corrected chi connectivity index (χ3v) is 4.95. The smallest absolute Gasteiger partial charge is 0.240 e. The van der Waals surface area contributed by atoms with E-state index in [2.05, 4.69) is 10.3 Å². The number of thiazole rings is 1. The van der Waals surface area contributed by atoms with Crippen molar-refractivity contribution in [1.29, 1.82) is 0 Å². The molecule has 1 saturated heterocycles.